The minimum Gasteiger partial charge on any atom is -0.348 e. The number of fused-ring (bicyclic) bond motifs is 1. The number of H-pyrrole nitrogens is 1. The van der Waals surface area contributed by atoms with Crippen molar-refractivity contribution < 1.29 is 4.79 Å². The molecule has 128 valence electrons. The smallest absolute Gasteiger partial charge is 0.328 e. The van der Waals surface area contributed by atoms with Crippen molar-refractivity contribution in [1.82, 2.24) is 20.2 Å². The van der Waals surface area contributed by atoms with E-state index in [0.717, 1.165) is 24.0 Å². The van der Waals surface area contributed by atoms with Crippen LogP contribution in [0.5, 0.6) is 0 Å². The quantitative estimate of drug-likeness (QED) is 0.767. The van der Waals surface area contributed by atoms with Gasteiger partial charge in [0.1, 0.15) is 0 Å². The van der Waals surface area contributed by atoms with Crippen molar-refractivity contribution >= 4 is 16.8 Å². The molecule has 1 amide bonds. The molecule has 3 rings (SSSR count). The van der Waals surface area contributed by atoms with Crippen LogP contribution in [-0.4, -0.2) is 34.1 Å². The molecule has 1 aromatic carbocycles. The predicted octanol–water partition coefficient (Wildman–Crippen LogP) is 0.580. The highest BCUT2D eigenvalue weighted by molar-refractivity contribution is 5.97. The average molecular weight is 330 g/mol. The Morgan fingerprint density at radius 2 is 2.17 bits per heavy atom. The van der Waals surface area contributed by atoms with E-state index < -0.39 is 5.69 Å². The summed E-state index contributed by atoms with van der Waals surface area (Å²) < 4.78 is 1.14. The van der Waals surface area contributed by atoms with Crippen molar-refractivity contribution in [1.29, 1.82) is 0 Å². The second-order valence-electron chi connectivity index (χ2n) is 6.20. The van der Waals surface area contributed by atoms with Crippen molar-refractivity contribution in [3.63, 3.8) is 0 Å². The van der Waals surface area contributed by atoms with Gasteiger partial charge in [0.25, 0.3) is 11.5 Å². The fourth-order valence-corrected chi connectivity index (χ4v) is 3.18. The highest BCUT2D eigenvalue weighted by Gasteiger charge is 2.23. The highest BCUT2D eigenvalue weighted by Crippen LogP contribution is 2.12. The second-order valence-corrected chi connectivity index (χ2v) is 6.20. The van der Waals surface area contributed by atoms with Gasteiger partial charge in [0.2, 0.25) is 0 Å². The van der Waals surface area contributed by atoms with Gasteiger partial charge in [0.15, 0.2) is 0 Å². The molecule has 7 heteroatoms. The van der Waals surface area contributed by atoms with Crippen LogP contribution >= 0.6 is 0 Å². The van der Waals surface area contributed by atoms with Gasteiger partial charge in [0, 0.05) is 24.2 Å². The van der Waals surface area contributed by atoms with E-state index in [2.05, 4.69) is 22.5 Å². The molecule has 1 aliphatic heterocycles. The number of aromatic nitrogens is 2. The Bertz CT molecular complexity index is 884. The van der Waals surface area contributed by atoms with E-state index in [4.69, 9.17) is 0 Å². The molecule has 7 nitrogen and oxygen atoms in total. The number of rotatable bonds is 3. The van der Waals surface area contributed by atoms with Crippen LogP contribution < -0.4 is 21.9 Å². The van der Waals surface area contributed by atoms with Crippen LogP contribution in [0.4, 0.5) is 0 Å². The van der Waals surface area contributed by atoms with Crippen LogP contribution in [0.15, 0.2) is 27.8 Å². The van der Waals surface area contributed by atoms with Gasteiger partial charge in [-0.2, -0.15) is 0 Å². The summed E-state index contributed by atoms with van der Waals surface area (Å²) in [6.07, 6.45) is 1.96. The zero-order chi connectivity index (χ0) is 17.3. The number of aromatic amines is 1. The zero-order valence-corrected chi connectivity index (χ0v) is 13.9. The largest absolute Gasteiger partial charge is 0.348 e. The van der Waals surface area contributed by atoms with Crippen molar-refractivity contribution in [3.8, 4) is 0 Å². The lowest BCUT2D eigenvalue weighted by Gasteiger charge is -2.30. The average Bonchev–Trinajstić information content (AvgIpc) is 2.56. The Morgan fingerprint density at radius 3 is 2.88 bits per heavy atom. The molecule has 3 N–H and O–H groups in total. The van der Waals surface area contributed by atoms with Gasteiger partial charge < -0.3 is 15.6 Å². The van der Waals surface area contributed by atoms with Gasteiger partial charge >= 0.3 is 5.69 Å². The minimum atomic E-state index is -0.460. The summed E-state index contributed by atoms with van der Waals surface area (Å²) in [5, 5.41) is 6.77. The second kappa shape index (κ2) is 6.60. The number of hydrogen-bond donors (Lipinski definition) is 3. The Balaban J connectivity index is 1.91. The van der Waals surface area contributed by atoms with Gasteiger partial charge in [-0.1, -0.05) is 0 Å². The number of nitrogens with one attached hydrogen (secondary N) is 3. The van der Waals surface area contributed by atoms with Gasteiger partial charge in [-0.25, -0.2) is 4.79 Å². The summed E-state index contributed by atoms with van der Waals surface area (Å²) >= 11 is 0. The van der Waals surface area contributed by atoms with Crippen molar-refractivity contribution in [2.24, 2.45) is 0 Å². The van der Waals surface area contributed by atoms with Crippen molar-refractivity contribution in [3.05, 3.63) is 44.6 Å². The fourth-order valence-electron chi connectivity index (χ4n) is 3.18. The molecule has 0 radical (unpaired) electrons. The zero-order valence-electron chi connectivity index (χ0n) is 13.9. The van der Waals surface area contributed by atoms with E-state index in [1.807, 2.05) is 0 Å². The maximum Gasteiger partial charge on any atom is 0.328 e. The Labute approximate surface area is 139 Å². The maximum absolute atomic E-state index is 12.5. The van der Waals surface area contributed by atoms with E-state index in [9.17, 15) is 14.4 Å². The lowest BCUT2D eigenvalue weighted by Crippen LogP contribution is -2.51. The molecule has 1 aromatic heterocycles. The number of piperidine rings is 1. The normalized spacial score (nSPS) is 20.9. The lowest BCUT2D eigenvalue weighted by molar-refractivity contribution is 0.0920. The number of carbonyl (C=O) groups is 1. The predicted molar refractivity (Wildman–Crippen MR) is 92.5 cm³/mol. The van der Waals surface area contributed by atoms with E-state index in [0.29, 0.717) is 23.0 Å². The molecule has 0 bridgehead atoms. The number of amides is 1. The number of nitrogens with zero attached hydrogens (tertiary/aromatic N) is 1. The third kappa shape index (κ3) is 2.99. The number of hydrogen-bond acceptors (Lipinski definition) is 4. The van der Waals surface area contributed by atoms with Crippen molar-refractivity contribution in [2.75, 3.05) is 6.54 Å². The first-order valence-corrected chi connectivity index (χ1v) is 8.32. The molecule has 24 heavy (non-hydrogen) atoms. The molecular formula is C17H22N4O3. The first-order valence-electron chi connectivity index (χ1n) is 8.32. The summed E-state index contributed by atoms with van der Waals surface area (Å²) in [6, 6.07) is 5.08. The molecule has 0 spiro atoms. The molecule has 1 aliphatic rings. The van der Waals surface area contributed by atoms with Gasteiger partial charge in [0.05, 0.1) is 10.9 Å². The van der Waals surface area contributed by atoms with E-state index in [1.165, 1.54) is 0 Å². The van der Waals surface area contributed by atoms with Gasteiger partial charge in [-0.3, -0.25) is 14.2 Å². The standard InChI is InChI=1S/C17H22N4O3/c1-3-21-16(23)12-7-6-11(9-14(12)20-17(21)24)15(22)19-13-5-4-8-18-10(13)2/h6-7,9-10,13,18H,3-5,8H2,1-2H3,(H,19,22)(H,20,24). The molecule has 2 aromatic rings. The minimum absolute atomic E-state index is 0.0779. The highest BCUT2D eigenvalue weighted by atomic mass is 16.2. The topological polar surface area (TPSA) is 96.0 Å². The van der Waals surface area contributed by atoms with E-state index in [-0.39, 0.29) is 23.6 Å². The van der Waals surface area contributed by atoms with E-state index in [1.54, 1.807) is 25.1 Å². The first kappa shape index (κ1) is 16.4. The van der Waals surface area contributed by atoms with E-state index >= 15 is 0 Å². The summed E-state index contributed by atoms with van der Waals surface area (Å²) in [6.45, 7) is 5.06. The molecular weight excluding hydrogens is 308 g/mol. The first-order chi connectivity index (χ1) is 11.5. The lowest BCUT2D eigenvalue weighted by atomic mass is 9.99. The van der Waals surface area contributed by atoms with Crippen LogP contribution in [0.3, 0.4) is 0 Å². The summed E-state index contributed by atoms with van der Waals surface area (Å²) in [4.78, 5) is 39.3. The molecule has 0 saturated carbocycles. The third-order valence-corrected chi connectivity index (χ3v) is 4.64. The van der Waals surface area contributed by atoms with Crippen LogP contribution in [0.2, 0.25) is 0 Å². The molecule has 1 saturated heterocycles. The fraction of sp³-hybridized carbons (Fsp3) is 0.471. The Kier molecular flexibility index (Phi) is 4.53. The van der Waals surface area contributed by atoms with Crippen LogP contribution in [0, 0.1) is 0 Å². The molecule has 2 heterocycles. The monoisotopic (exact) mass is 330 g/mol. The number of benzene rings is 1. The third-order valence-electron chi connectivity index (χ3n) is 4.64. The molecule has 2 unspecified atom stereocenters. The summed E-state index contributed by atoms with van der Waals surface area (Å²) in [5.41, 5.74) is 0.0210. The Morgan fingerprint density at radius 1 is 1.38 bits per heavy atom. The number of carbonyl (C=O) groups excluding carboxylic acids is 1. The van der Waals surface area contributed by atoms with Crippen molar-refractivity contribution in [2.45, 2.75) is 45.3 Å². The summed E-state index contributed by atoms with van der Waals surface area (Å²) in [7, 11) is 0. The SMILES string of the molecule is CCn1c(=O)[nH]c2cc(C(=O)NC3CCCNC3C)ccc2c1=O. The Hall–Kier alpha value is -2.41. The van der Waals surface area contributed by atoms with Gasteiger partial charge in [-0.15, -0.1) is 0 Å². The van der Waals surface area contributed by atoms with Crippen LogP contribution in [-0.2, 0) is 6.54 Å². The summed E-state index contributed by atoms with van der Waals surface area (Å²) in [5.74, 6) is -0.196. The maximum atomic E-state index is 12.5. The van der Waals surface area contributed by atoms with Crippen LogP contribution in [0.1, 0.15) is 37.0 Å². The molecule has 2 atom stereocenters. The van der Waals surface area contributed by atoms with Gasteiger partial charge in [-0.05, 0) is 51.4 Å². The molecule has 1 fully saturated rings. The molecule has 0 aliphatic carbocycles. The van der Waals surface area contributed by atoms with Crippen LogP contribution in [0.25, 0.3) is 10.9 Å².